The summed E-state index contributed by atoms with van der Waals surface area (Å²) in [6.45, 7) is 0. The van der Waals surface area contributed by atoms with Crippen LogP contribution in [0.4, 0.5) is 5.69 Å². The molecule has 3 rings (SSSR count). The number of rotatable bonds is 4. The molecule has 1 aromatic carbocycles. The van der Waals surface area contributed by atoms with Gasteiger partial charge in [0, 0.05) is 12.3 Å². The zero-order valence-electron chi connectivity index (χ0n) is 11.9. The van der Waals surface area contributed by atoms with E-state index >= 15 is 0 Å². The predicted octanol–water partition coefficient (Wildman–Crippen LogP) is 2.84. The lowest BCUT2D eigenvalue weighted by atomic mass is 9.76. The van der Waals surface area contributed by atoms with Crippen LogP contribution in [0.1, 0.15) is 24.3 Å². The number of nitrogens with one attached hydrogen (secondary N) is 1. The number of hydrogen-bond donors (Lipinski definition) is 1. The Hall–Kier alpha value is -1.88. The van der Waals surface area contributed by atoms with E-state index < -0.39 is 9.84 Å². The van der Waals surface area contributed by atoms with Crippen molar-refractivity contribution < 1.29 is 8.42 Å². The molecule has 1 aliphatic rings. The van der Waals surface area contributed by atoms with Crippen molar-refractivity contribution in [1.82, 2.24) is 4.98 Å². The first kappa shape index (κ1) is 14.1. The van der Waals surface area contributed by atoms with E-state index in [1.165, 1.54) is 11.8 Å². The fraction of sp³-hybridized carbons (Fsp3) is 0.312. The highest BCUT2D eigenvalue weighted by Gasteiger charge is 2.30. The fourth-order valence-corrected chi connectivity index (χ4v) is 3.21. The molecule has 1 N–H and O–H groups in total. The molecule has 1 aliphatic carbocycles. The lowest BCUT2D eigenvalue weighted by Crippen LogP contribution is -2.34. The number of aromatic nitrogens is 1. The summed E-state index contributed by atoms with van der Waals surface area (Å²) in [5, 5.41) is 3.51. The van der Waals surface area contributed by atoms with Crippen molar-refractivity contribution in [3.05, 3.63) is 54.2 Å². The standard InChI is InChI=1S/C16H18N2O2S/c1-21(19,20)16-8-7-14(11-17-16)18-15-9-13(10-15)12-5-3-2-4-6-12/h2-8,11,13,15,18H,9-10H2,1H3. The quantitative estimate of drug-likeness (QED) is 0.943. The molecule has 1 aromatic heterocycles. The third kappa shape index (κ3) is 3.24. The van der Waals surface area contributed by atoms with Crippen molar-refractivity contribution in [1.29, 1.82) is 0 Å². The lowest BCUT2D eigenvalue weighted by molar-refractivity contribution is 0.374. The van der Waals surface area contributed by atoms with Gasteiger partial charge >= 0.3 is 0 Å². The molecule has 0 atom stereocenters. The molecule has 1 fully saturated rings. The number of sulfone groups is 1. The van der Waals surface area contributed by atoms with E-state index in [1.807, 2.05) is 6.07 Å². The Morgan fingerprint density at radius 2 is 1.81 bits per heavy atom. The number of anilines is 1. The first-order valence-electron chi connectivity index (χ1n) is 7.00. The molecule has 0 amide bonds. The monoisotopic (exact) mass is 302 g/mol. The van der Waals surface area contributed by atoms with Gasteiger partial charge in [0.25, 0.3) is 0 Å². The van der Waals surface area contributed by atoms with Crippen LogP contribution in [-0.4, -0.2) is 25.7 Å². The second kappa shape index (κ2) is 5.48. The van der Waals surface area contributed by atoms with Crippen molar-refractivity contribution >= 4 is 15.5 Å². The summed E-state index contributed by atoms with van der Waals surface area (Å²) < 4.78 is 22.7. The molecule has 0 bridgehead atoms. The molecular weight excluding hydrogens is 284 g/mol. The Morgan fingerprint density at radius 3 is 2.38 bits per heavy atom. The van der Waals surface area contributed by atoms with Crippen LogP contribution in [0.2, 0.25) is 0 Å². The van der Waals surface area contributed by atoms with Crippen LogP contribution < -0.4 is 5.32 Å². The van der Waals surface area contributed by atoms with E-state index in [4.69, 9.17) is 0 Å². The van der Waals surface area contributed by atoms with Crippen LogP contribution in [0.15, 0.2) is 53.7 Å². The number of pyridine rings is 1. The Labute approximate surface area is 125 Å². The first-order chi connectivity index (χ1) is 10.0. The van der Waals surface area contributed by atoms with Crippen molar-refractivity contribution in [2.45, 2.75) is 29.8 Å². The Morgan fingerprint density at radius 1 is 1.10 bits per heavy atom. The van der Waals surface area contributed by atoms with Crippen LogP contribution in [0.3, 0.4) is 0 Å². The number of hydrogen-bond acceptors (Lipinski definition) is 4. The fourth-order valence-electron chi connectivity index (χ4n) is 2.65. The van der Waals surface area contributed by atoms with Gasteiger partial charge in [0.2, 0.25) is 0 Å². The maximum absolute atomic E-state index is 11.4. The lowest BCUT2D eigenvalue weighted by Gasteiger charge is -2.36. The third-order valence-electron chi connectivity index (χ3n) is 3.90. The highest BCUT2D eigenvalue weighted by atomic mass is 32.2. The van der Waals surface area contributed by atoms with E-state index in [2.05, 4.69) is 34.6 Å². The van der Waals surface area contributed by atoms with E-state index in [0.29, 0.717) is 12.0 Å². The molecule has 4 nitrogen and oxygen atoms in total. The molecule has 1 heterocycles. The van der Waals surface area contributed by atoms with Crippen molar-refractivity contribution in [2.24, 2.45) is 0 Å². The van der Waals surface area contributed by atoms with Crippen LogP contribution in [0, 0.1) is 0 Å². The minimum atomic E-state index is -3.22. The molecule has 0 radical (unpaired) electrons. The zero-order chi connectivity index (χ0) is 14.9. The summed E-state index contributed by atoms with van der Waals surface area (Å²) in [6, 6.07) is 14.3. The molecule has 0 spiro atoms. The smallest absolute Gasteiger partial charge is 0.192 e. The summed E-state index contributed by atoms with van der Waals surface area (Å²) >= 11 is 0. The normalized spacial score (nSPS) is 21.6. The summed E-state index contributed by atoms with van der Waals surface area (Å²) in [5.41, 5.74) is 2.26. The van der Waals surface area contributed by atoms with Gasteiger partial charge in [-0.05, 0) is 36.5 Å². The van der Waals surface area contributed by atoms with Gasteiger partial charge < -0.3 is 5.32 Å². The average Bonchev–Trinajstić information content (AvgIpc) is 2.43. The van der Waals surface area contributed by atoms with Crippen LogP contribution in [0.25, 0.3) is 0 Å². The first-order valence-corrected chi connectivity index (χ1v) is 8.89. The van der Waals surface area contributed by atoms with Gasteiger partial charge in [0.1, 0.15) is 0 Å². The Kier molecular flexibility index (Phi) is 3.68. The molecule has 1 saturated carbocycles. The Balaban J connectivity index is 1.57. The van der Waals surface area contributed by atoms with Gasteiger partial charge in [-0.2, -0.15) is 0 Å². The van der Waals surface area contributed by atoms with Crippen LogP contribution >= 0.6 is 0 Å². The summed E-state index contributed by atoms with van der Waals surface area (Å²) in [5.74, 6) is 0.618. The minimum absolute atomic E-state index is 0.115. The van der Waals surface area contributed by atoms with Crippen LogP contribution in [-0.2, 0) is 9.84 Å². The van der Waals surface area contributed by atoms with Gasteiger partial charge in [0.05, 0.1) is 11.9 Å². The third-order valence-corrected chi connectivity index (χ3v) is 4.90. The number of benzene rings is 1. The van der Waals surface area contributed by atoms with E-state index in [-0.39, 0.29) is 5.03 Å². The highest BCUT2D eigenvalue weighted by Crippen LogP contribution is 2.38. The predicted molar refractivity (Wildman–Crippen MR) is 83.2 cm³/mol. The molecule has 0 unspecified atom stereocenters. The van der Waals surface area contributed by atoms with Crippen molar-refractivity contribution in [3.8, 4) is 0 Å². The molecule has 110 valence electrons. The summed E-state index contributed by atoms with van der Waals surface area (Å²) in [7, 11) is -3.22. The average molecular weight is 302 g/mol. The Bertz CT molecular complexity index is 706. The molecule has 0 aliphatic heterocycles. The van der Waals surface area contributed by atoms with E-state index in [0.717, 1.165) is 18.5 Å². The van der Waals surface area contributed by atoms with Gasteiger partial charge in [-0.15, -0.1) is 0 Å². The van der Waals surface area contributed by atoms with E-state index in [9.17, 15) is 8.42 Å². The molecule has 0 saturated heterocycles. The minimum Gasteiger partial charge on any atom is -0.381 e. The largest absolute Gasteiger partial charge is 0.381 e. The maximum Gasteiger partial charge on any atom is 0.192 e. The molecule has 2 aromatic rings. The molecule has 21 heavy (non-hydrogen) atoms. The zero-order valence-corrected chi connectivity index (χ0v) is 12.7. The topological polar surface area (TPSA) is 59.1 Å². The molecule has 5 heteroatoms. The van der Waals surface area contributed by atoms with Crippen molar-refractivity contribution in [2.75, 3.05) is 11.6 Å². The second-order valence-electron chi connectivity index (χ2n) is 5.58. The maximum atomic E-state index is 11.4. The van der Waals surface area contributed by atoms with Crippen LogP contribution in [0.5, 0.6) is 0 Å². The molecular formula is C16H18N2O2S. The number of nitrogens with zero attached hydrogens (tertiary/aromatic N) is 1. The summed E-state index contributed by atoms with van der Waals surface area (Å²) in [6.07, 6.45) is 4.95. The summed E-state index contributed by atoms with van der Waals surface area (Å²) in [4.78, 5) is 3.99. The SMILES string of the molecule is CS(=O)(=O)c1ccc(NC2CC(c3ccccc3)C2)cn1. The van der Waals surface area contributed by atoms with Gasteiger partial charge in [-0.1, -0.05) is 30.3 Å². The van der Waals surface area contributed by atoms with Crippen molar-refractivity contribution in [3.63, 3.8) is 0 Å². The van der Waals surface area contributed by atoms with Gasteiger partial charge in [-0.3, -0.25) is 0 Å². The van der Waals surface area contributed by atoms with E-state index in [1.54, 1.807) is 18.3 Å². The van der Waals surface area contributed by atoms with Gasteiger partial charge in [0.15, 0.2) is 14.9 Å². The van der Waals surface area contributed by atoms with Gasteiger partial charge in [-0.25, -0.2) is 13.4 Å². The highest BCUT2D eigenvalue weighted by molar-refractivity contribution is 7.90. The second-order valence-corrected chi connectivity index (χ2v) is 7.54.